The van der Waals surface area contributed by atoms with Crippen LogP contribution in [-0.4, -0.2) is 15.3 Å². The van der Waals surface area contributed by atoms with Crippen molar-refractivity contribution in [2.45, 2.75) is 58.7 Å². The number of thioether (sulfide) groups is 1. The molecule has 0 spiro atoms. The van der Waals surface area contributed by atoms with E-state index in [1.165, 1.54) is 11.3 Å². The summed E-state index contributed by atoms with van der Waals surface area (Å²) < 4.78 is 1.85. The second-order valence-corrected chi connectivity index (χ2v) is 7.59. The number of nitrogens with zero attached hydrogens (tertiary/aromatic N) is 2. The molecule has 0 aliphatic carbocycles. The summed E-state index contributed by atoms with van der Waals surface area (Å²) in [6.45, 7) is 10.4. The van der Waals surface area contributed by atoms with Gasteiger partial charge in [0.05, 0.1) is 5.39 Å². The lowest BCUT2D eigenvalue weighted by molar-refractivity contribution is 0.519. The van der Waals surface area contributed by atoms with Crippen LogP contribution in [0, 0.1) is 13.8 Å². The molecule has 0 atom stereocenters. The average molecular weight is 310 g/mol. The van der Waals surface area contributed by atoms with Crippen LogP contribution in [0.1, 0.15) is 50.1 Å². The lowest BCUT2D eigenvalue weighted by atomic mass is 10.2. The summed E-state index contributed by atoms with van der Waals surface area (Å²) >= 11 is 3.33. The number of aryl methyl sites for hydroxylation is 2. The summed E-state index contributed by atoms with van der Waals surface area (Å²) in [4.78, 5) is 19.6. The quantitative estimate of drug-likeness (QED) is 0.462. The minimum Gasteiger partial charge on any atom is -0.284 e. The molecule has 0 saturated heterocycles. The fourth-order valence-corrected chi connectivity index (χ4v) is 4.43. The predicted molar refractivity (Wildman–Crippen MR) is 89.4 cm³/mol. The van der Waals surface area contributed by atoms with E-state index in [0.717, 1.165) is 33.1 Å². The van der Waals surface area contributed by atoms with Gasteiger partial charge in [-0.1, -0.05) is 25.1 Å². The molecule has 0 bridgehead atoms. The van der Waals surface area contributed by atoms with E-state index in [9.17, 15) is 4.79 Å². The molecule has 0 radical (unpaired) electrons. The van der Waals surface area contributed by atoms with Crippen molar-refractivity contribution >= 4 is 33.3 Å². The number of aromatic nitrogens is 2. The minimum atomic E-state index is 0.117. The van der Waals surface area contributed by atoms with Gasteiger partial charge in [-0.05, 0) is 39.7 Å². The molecule has 5 heteroatoms. The molecule has 0 aliphatic heterocycles. The van der Waals surface area contributed by atoms with E-state index in [-0.39, 0.29) is 11.6 Å². The Hall–Kier alpha value is -0.810. The van der Waals surface area contributed by atoms with E-state index in [1.54, 1.807) is 23.1 Å². The maximum Gasteiger partial charge on any atom is 0.263 e. The number of fused-ring (bicyclic) bond motifs is 1. The summed E-state index contributed by atoms with van der Waals surface area (Å²) in [7, 11) is 0. The molecule has 2 aromatic rings. The molecule has 0 amide bonds. The van der Waals surface area contributed by atoms with Gasteiger partial charge in [0.1, 0.15) is 4.83 Å². The van der Waals surface area contributed by atoms with Crippen molar-refractivity contribution < 1.29 is 0 Å². The zero-order valence-electron chi connectivity index (χ0n) is 12.8. The van der Waals surface area contributed by atoms with Gasteiger partial charge >= 0.3 is 0 Å². The van der Waals surface area contributed by atoms with Crippen molar-refractivity contribution in [3.05, 3.63) is 20.8 Å². The van der Waals surface area contributed by atoms with Gasteiger partial charge in [-0.2, -0.15) is 0 Å². The van der Waals surface area contributed by atoms with Gasteiger partial charge < -0.3 is 0 Å². The number of hydrogen-bond donors (Lipinski definition) is 0. The molecule has 2 rings (SSSR count). The zero-order valence-corrected chi connectivity index (χ0v) is 14.5. The van der Waals surface area contributed by atoms with E-state index in [2.05, 4.69) is 13.8 Å². The smallest absolute Gasteiger partial charge is 0.263 e. The van der Waals surface area contributed by atoms with Gasteiger partial charge in [-0.25, -0.2) is 4.98 Å². The van der Waals surface area contributed by atoms with Gasteiger partial charge in [-0.3, -0.25) is 9.36 Å². The number of rotatable bonds is 5. The molecule has 0 unspecified atom stereocenters. The van der Waals surface area contributed by atoms with Crippen LogP contribution in [0.2, 0.25) is 0 Å². The molecule has 0 fully saturated rings. The van der Waals surface area contributed by atoms with E-state index < -0.39 is 0 Å². The fourth-order valence-electron chi connectivity index (χ4n) is 2.15. The Morgan fingerprint density at radius 1 is 1.35 bits per heavy atom. The Labute approximate surface area is 128 Å². The first kappa shape index (κ1) is 15.6. The van der Waals surface area contributed by atoms with E-state index in [4.69, 9.17) is 4.98 Å². The number of hydrogen-bond acceptors (Lipinski definition) is 4. The molecule has 0 N–H and O–H groups in total. The third kappa shape index (κ3) is 2.79. The fraction of sp³-hybridized carbons (Fsp3) is 0.600. The normalized spacial score (nSPS) is 11.7. The maximum atomic E-state index is 12.8. The lowest BCUT2D eigenvalue weighted by Gasteiger charge is -2.15. The van der Waals surface area contributed by atoms with Crippen LogP contribution >= 0.6 is 23.1 Å². The van der Waals surface area contributed by atoms with Crippen molar-refractivity contribution in [3.63, 3.8) is 0 Å². The molecule has 3 nitrogen and oxygen atoms in total. The Bertz CT molecular complexity index is 671. The molecular weight excluding hydrogens is 288 g/mol. The third-order valence-corrected chi connectivity index (χ3v) is 5.59. The van der Waals surface area contributed by atoms with Gasteiger partial charge in [0.2, 0.25) is 0 Å². The molecule has 0 aliphatic rings. The largest absolute Gasteiger partial charge is 0.284 e. The van der Waals surface area contributed by atoms with E-state index in [1.807, 2.05) is 25.3 Å². The van der Waals surface area contributed by atoms with Gasteiger partial charge in [0, 0.05) is 16.7 Å². The Balaban J connectivity index is 2.61. The molecule has 0 saturated carbocycles. The monoisotopic (exact) mass is 310 g/mol. The SMILES string of the molecule is CCCCSc1nc2sc(C)c(C)c2c(=O)n1C(C)C. The topological polar surface area (TPSA) is 34.9 Å². The van der Waals surface area contributed by atoms with Gasteiger partial charge in [0.25, 0.3) is 5.56 Å². The predicted octanol–water partition coefficient (Wildman–Crippen LogP) is 4.55. The van der Waals surface area contributed by atoms with E-state index >= 15 is 0 Å². The standard InChI is InChI=1S/C15H22N2OS2/c1-6-7-8-19-15-16-13-12(10(4)11(5)20-13)14(18)17(15)9(2)3/h9H,6-8H2,1-5H3. The van der Waals surface area contributed by atoms with Crippen molar-refractivity contribution in [2.75, 3.05) is 5.75 Å². The van der Waals surface area contributed by atoms with Crippen LogP contribution in [0.25, 0.3) is 10.2 Å². The van der Waals surface area contributed by atoms with Gasteiger partial charge in [-0.15, -0.1) is 11.3 Å². The summed E-state index contributed by atoms with van der Waals surface area (Å²) in [6, 6.07) is 0.142. The molecule has 2 heterocycles. The van der Waals surface area contributed by atoms with Gasteiger partial charge in [0.15, 0.2) is 5.16 Å². The van der Waals surface area contributed by atoms with Crippen LogP contribution in [0.5, 0.6) is 0 Å². The summed E-state index contributed by atoms with van der Waals surface area (Å²) in [5.74, 6) is 1.02. The average Bonchev–Trinajstić information content (AvgIpc) is 2.65. The Morgan fingerprint density at radius 3 is 2.65 bits per heavy atom. The third-order valence-electron chi connectivity index (χ3n) is 3.45. The minimum absolute atomic E-state index is 0.117. The molecular formula is C15H22N2OS2. The highest BCUT2D eigenvalue weighted by molar-refractivity contribution is 7.99. The number of unbranched alkanes of at least 4 members (excludes halogenated alkanes) is 1. The first-order chi connectivity index (χ1) is 9.47. The Kier molecular flexibility index (Phi) is 4.91. The first-order valence-electron chi connectivity index (χ1n) is 7.12. The van der Waals surface area contributed by atoms with Crippen molar-refractivity contribution in [2.24, 2.45) is 0 Å². The van der Waals surface area contributed by atoms with Crippen LogP contribution in [-0.2, 0) is 0 Å². The van der Waals surface area contributed by atoms with Crippen LogP contribution in [0.4, 0.5) is 0 Å². The van der Waals surface area contributed by atoms with Crippen molar-refractivity contribution in [1.29, 1.82) is 0 Å². The summed E-state index contributed by atoms with van der Waals surface area (Å²) in [6.07, 6.45) is 2.32. The molecule has 20 heavy (non-hydrogen) atoms. The van der Waals surface area contributed by atoms with E-state index in [0.29, 0.717) is 0 Å². The molecule has 110 valence electrons. The molecule has 0 aromatic carbocycles. The summed E-state index contributed by atoms with van der Waals surface area (Å²) in [5.41, 5.74) is 1.20. The first-order valence-corrected chi connectivity index (χ1v) is 8.92. The number of thiophene rings is 1. The highest BCUT2D eigenvalue weighted by Crippen LogP contribution is 2.29. The van der Waals surface area contributed by atoms with Crippen molar-refractivity contribution in [1.82, 2.24) is 9.55 Å². The highest BCUT2D eigenvalue weighted by Gasteiger charge is 2.18. The second-order valence-electron chi connectivity index (χ2n) is 5.33. The van der Waals surface area contributed by atoms with Crippen molar-refractivity contribution in [3.8, 4) is 0 Å². The van der Waals surface area contributed by atoms with Crippen LogP contribution < -0.4 is 5.56 Å². The summed E-state index contributed by atoms with van der Waals surface area (Å²) in [5, 5.41) is 1.67. The highest BCUT2D eigenvalue weighted by atomic mass is 32.2. The lowest BCUT2D eigenvalue weighted by Crippen LogP contribution is -2.25. The van der Waals surface area contributed by atoms with Crippen LogP contribution in [0.15, 0.2) is 9.95 Å². The molecule has 2 aromatic heterocycles. The second kappa shape index (κ2) is 6.31. The van der Waals surface area contributed by atoms with Crippen LogP contribution in [0.3, 0.4) is 0 Å². The Morgan fingerprint density at radius 2 is 2.05 bits per heavy atom. The zero-order chi connectivity index (χ0) is 14.9. The maximum absolute atomic E-state index is 12.8.